The molecule has 20 heavy (non-hydrogen) atoms. The van der Waals surface area contributed by atoms with Crippen LogP contribution in [0.1, 0.15) is 13.3 Å². The van der Waals surface area contributed by atoms with E-state index in [0.29, 0.717) is 12.2 Å². The summed E-state index contributed by atoms with van der Waals surface area (Å²) >= 11 is 1.56. The van der Waals surface area contributed by atoms with Gasteiger partial charge in [0.25, 0.3) is 0 Å². The van der Waals surface area contributed by atoms with Crippen molar-refractivity contribution < 1.29 is 23.1 Å². The molecule has 0 radical (unpaired) electrons. The van der Waals surface area contributed by atoms with Gasteiger partial charge in [-0.3, -0.25) is 4.79 Å². The van der Waals surface area contributed by atoms with Crippen molar-refractivity contribution >= 4 is 33.6 Å². The Hall–Kier alpha value is -0.960. The zero-order valence-corrected chi connectivity index (χ0v) is 13.2. The molecule has 116 valence electrons. The van der Waals surface area contributed by atoms with Crippen LogP contribution in [0.5, 0.6) is 0 Å². The first-order valence-electron chi connectivity index (χ1n) is 6.23. The van der Waals surface area contributed by atoms with Gasteiger partial charge in [0.05, 0.1) is 11.5 Å². The van der Waals surface area contributed by atoms with Gasteiger partial charge in [0.15, 0.2) is 9.84 Å². The average molecular weight is 324 g/mol. The predicted octanol–water partition coefficient (Wildman–Crippen LogP) is 0.0212. The van der Waals surface area contributed by atoms with Crippen molar-refractivity contribution in [1.29, 1.82) is 0 Å². The second-order valence-corrected chi connectivity index (χ2v) is 8.02. The summed E-state index contributed by atoms with van der Waals surface area (Å²) in [7, 11) is -3.17. The largest absolute Gasteiger partial charge is 0.480 e. The summed E-state index contributed by atoms with van der Waals surface area (Å²) in [5, 5.41) is 11.6. The van der Waals surface area contributed by atoms with Crippen molar-refractivity contribution in [3.63, 3.8) is 0 Å². The summed E-state index contributed by atoms with van der Waals surface area (Å²) in [5.41, 5.74) is 0. The number of carbonyl (C=O) groups excluding carboxylic acids is 1. The summed E-state index contributed by atoms with van der Waals surface area (Å²) in [4.78, 5) is 24.1. The minimum Gasteiger partial charge on any atom is -0.480 e. The zero-order valence-electron chi connectivity index (χ0n) is 11.5. The standard InChI is InChI=1S/C11H20N2O5S2/c1-8(6-19-2)12-11(16)13(5-10(14)15)9-3-4-20(17,18)7-9/h8-9H,3-7H2,1-2H3,(H,12,16)(H,14,15). The molecule has 0 aromatic heterocycles. The predicted molar refractivity (Wildman–Crippen MR) is 77.8 cm³/mol. The second kappa shape index (κ2) is 7.16. The number of nitrogens with one attached hydrogen (secondary N) is 1. The fourth-order valence-corrected chi connectivity index (χ4v) is 4.43. The first kappa shape index (κ1) is 17.1. The summed E-state index contributed by atoms with van der Waals surface area (Å²) in [6.07, 6.45) is 2.20. The van der Waals surface area contributed by atoms with Crippen LogP contribution < -0.4 is 5.32 Å². The number of urea groups is 1. The van der Waals surface area contributed by atoms with Crippen LogP contribution in [0.2, 0.25) is 0 Å². The minimum atomic E-state index is -3.17. The van der Waals surface area contributed by atoms with E-state index in [1.165, 1.54) is 0 Å². The van der Waals surface area contributed by atoms with E-state index < -0.39 is 34.4 Å². The number of hydrogen-bond donors (Lipinski definition) is 2. The van der Waals surface area contributed by atoms with Gasteiger partial charge in [0, 0.05) is 17.8 Å². The molecule has 1 aliphatic rings. The maximum atomic E-state index is 12.1. The van der Waals surface area contributed by atoms with Gasteiger partial charge in [-0.05, 0) is 19.6 Å². The van der Waals surface area contributed by atoms with Crippen LogP contribution in [0, 0.1) is 0 Å². The summed E-state index contributed by atoms with van der Waals surface area (Å²) < 4.78 is 22.9. The molecule has 9 heteroatoms. The molecular weight excluding hydrogens is 304 g/mol. The maximum absolute atomic E-state index is 12.1. The molecule has 1 heterocycles. The number of carbonyl (C=O) groups is 2. The molecule has 0 aromatic rings. The SMILES string of the molecule is CSCC(C)NC(=O)N(CC(=O)O)C1CCS(=O)(=O)C1. The summed E-state index contributed by atoms with van der Waals surface area (Å²) in [5.74, 6) is -0.608. The van der Waals surface area contributed by atoms with Crippen LogP contribution in [0.4, 0.5) is 4.79 Å². The Bertz CT molecular complexity index is 465. The van der Waals surface area contributed by atoms with Gasteiger partial charge in [-0.25, -0.2) is 13.2 Å². The summed E-state index contributed by atoms with van der Waals surface area (Å²) in [6.45, 7) is 1.33. The summed E-state index contributed by atoms with van der Waals surface area (Å²) in [6, 6.07) is -1.18. The fraction of sp³-hybridized carbons (Fsp3) is 0.818. The molecule has 2 unspecified atom stereocenters. The van der Waals surface area contributed by atoms with E-state index in [4.69, 9.17) is 5.11 Å². The number of rotatable bonds is 6. The van der Waals surface area contributed by atoms with Crippen molar-refractivity contribution in [2.45, 2.75) is 25.4 Å². The third kappa shape index (κ3) is 5.20. The molecule has 2 amide bonds. The van der Waals surface area contributed by atoms with Crippen molar-refractivity contribution in [2.75, 3.05) is 30.1 Å². The lowest BCUT2D eigenvalue weighted by molar-refractivity contribution is -0.138. The van der Waals surface area contributed by atoms with Gasteiger partial charge in [0.1, 0.15) is 6.54 Å². The Morgan fingerprint density at radius 3 is 2.60 bits per heavy atom. The third-order valence-electron chi connectivity index (χ3n) is 3.00. The highest BCUT2D eigenvalue weighted by Crippen LogP contribution is 2.18. The lowest BCUT2D eigenvalue weighted by Gasteiger charge is -2.28. The van der Waals surface area contributed by atoms with E-state index in [2.05, 4.69) is 5.32 Å². The highest BCUT2D eigenvalue weighted by atomic mass is 32.2. The number of thioether (sulfide) groups is 1. The van der Waals surface area contributed by atoms with Crippen molar-refractivity contribution in [3.05, 3.63) is 0 Å². The van der Waals surface area contributed by atoms with Gasteiger partial charge in [-0.2, -0.15) is 11.8 Å². The maximum Gasteiger partial charge on any atom is 0.323 e. The Balaban J connectivity index is 2.74. The molecule has 0 aromatic carbocycles. The zero-order chi connectivity index (χ0) is 15.3. The quantitative estimate of drug-likeness (QED) is 0.714. The molecule has 0 saturated carbocycles. The Kier molecular flexibility index (Phi) is 6.12. The number of hydrogen-bond acceptors (Lipinski definition) is 5. The highest BCUT2D eigenvalue weighted by molar-refractivity contribution is 7.98. The lowest BCUT2D eigenvalue weighted by Crippen LogP contribution is -2.51. The number of carboxylic acid groups (broad SMARTS) is 1. The van der Waals surface area contributed by atoms with E-state index in [9.17, 15) is 18.0 Å². The number of nitrogens with zero attached hydrogens (tertiary/aromatic N) is 1. The highest BCUT2D eigenvalue weighted by Gasteiger charge is 2.35. The van der Waals surface area contributed by atoms with Gasteiger partial charge in [-0.15, -0.1) is 0 Å². The number of sulfone groups is 1. The first-order valence-corrected chi connectivity index (χ1v) is 9.45. The van der Waals surface area contributed by atoms with Crippen molar-refractivity contribution in [1.82, 2.24) is 10.2 Å². The van der Waals surface area contributed by atoms with Crippen LogP contribution in [-0.2, 0) is 14.6 Å². The first-order chi connectivity index (χ1) is 9.25. The van der Waals surface area contributed by atoms with E-state index >= 15 is 0 Å². The van der Waals surface area contributed by atoms with E-state index in [-0.39, 0.29) is 17.5 Å². The van der Waals surface area contributed by atoms with E-state index in [0.717, 1.165) is 4.90 Å². The molecule has 1 rings (SSSR count). The topological polar surface area (TPSA) is 104 Å². The number of aliphatic carboxylic acids is 1. The van der Waals surface area contributed by atoms with Gasteiger partial charge in [0.2, 0.25) is 0 Å². The lowest BCUT2D eigenvalue weighted by atomic mass is 10.2. The van der Waals surface area contributed by atoms with E-state index in [1.807, 2.05) is 13.2 Å². The molecule has 0 aliphatic carbocycles. The molecule has 0 spiro atoms. The van der Waals surface area contributed by atoms with Crippen molar-refractivity contribution in [3.8, 4) is 0 Å². The molecule has 1 aliphatic heterocycles. The molecule has 2 N–H and O–H groups in total. The Labute approximate surface area is 123 Å². The number of amides is 2. The van der Waals surface area contributed by atoms with Crippen molar-refractivity contribution in [2.24, 2.45) is 0 Å². The molecule has 1 fully saturated rings. The Morgan fingerprint density at radius 1 is 1.50 bits per heavy atom. The Morgan fingerprint density at radius 2 is 2.15 bits per heavy atom. The molecule has 2 atom stereocenters. The molecular formula is C11H20N2O5S2. The molecule has 1 saturated heterocycles. The normalized spacial score (nSPS) is 22.2. The van der Waals surface area contributed by atoms with Crippen LogP contribution in [0.15, 0.2) is 0 Å². The minimum absolute atomic E-state index is 0.00142. The van der Waals surface area contributed by atoms with Gasteiger partial charge >= 0.3 is 12.0 Å². The smallest absolute Gasteiger partial charge is 0.323 e. The van der Waals surface area contributed by atoms with Crippen LogP contribution >= 0.6 is 11.8 Å². The molecule has 7 nitrogen and oxygen atoms in total. The van der Waals surface area contributed by atoms with Gasteiger partial charge in [-0.1, -0.05) is 0 Å². The number of carboxylic acids is 1. The van der Waals surface area contributed by atoms with Crippen LogP contribution in [0.3, 0.4) is 0 Å². The molecule has 0 bridgehead atoms. The monoisotopic (exact) mass is 324 g/mol. The van der Waals surface area contributed by atoms with Crippen LogP contribution in [-0.4, -0.2) is 72.6 Å². The average Bonchev–Trinajstić information content (AvgIpc) is 2.66. The third-order valence-corrected chi connectivity index (χ3v) is 5.59. The van der Waals surface area contributed by atoms with Crippen LogP contribution in [0.25, 0.3) is 0 Å². The van der Waals surface area contributed by atoms with Gasteiger partial charge < -0.3 is 15.3 Å². The second-order valence-electron chi connectivity index (χ2n) is 4.88. The fourth-order valence-electron chi connectivity index (χ4n) is 2.12. The van der Waals surface area contributed by atoms with E-state index in [1.54, 1.807) is 11.8 Å².